The molecular weight excluding hydrogens is 426 g/mol. The number of carbonyl (C=O) groups is 1. The van der Waals surface area contributed by atoms with Gasteiger partial charge in [-0.2, -0.15) is 0 Å². The Balaban J connectivity index is 1.56. The van der Waals surface area contributed by atoms with Crippen LogP contribution in [0, 0.1) is 13.8 Å². The normalized spacial score (nSPS) is 12.4. The van der Waals surface area contributed by atoms with Crippen LogP contribution < -0.4 is 10.9 Å². The molecule has 0 aliphatic heterocycles. The van der Waals surface area contributed by atoms with Crippen LogP contribution in [0.1, 0.15) is 54.4 Å². The first-order valence-electron chi connectivity index (χ1n) is 9.62. The lowest BCUT2D eigenvalue weighted by Crippen LogP contribution is -2.23. The molecule has 3 aromatic heterocycles. The summed E-state index contributed by atoms with van der Waals surface area (Å²) in [4.78, 5) is 34.1. The molecule has 0 radical (unpaired) electrons. The molecule has 29 heavy (non-hydrogen) atoms. The first-order valence-corrected chi connectivity index (χ1v) is 12.3. The Hall–Kier alpha value is -1.78. The summed E-state index contributed by atoms with van der Waals surface area (Å²) in [5.41, 5.74) is 0.867. The molecule has 3 rings (SSSR count). The minimum atomic E-state index is -0.310. The summed E-state index contributed by atoms with van der Waals surface area (Å²) >= 11 is 4.38. The smallest absolute Gasteiger partial charge is 0.259 e. The highest BCUT2D eigenvalue weighted by atomic mass is 32.2. The molecule has 1 amide bonds. The Labute approximate surface area is 181 Å². The van der Waals surface area contributed by atoms with E-state index in [1.54, 1.807) is 0 Å². The Bertz CT molecular complexity index is 1060. The van der Waals surface area contributed by atoms with Crippen LogP contribution in [0.25, 0.3) is 10.2 Å². The number of thioether (sulfide) groups is 1. The maximum atomic E-state index is 12.4. The molecule has 7 nitrogen and oxygen atoms in total. The van der Waals surface area contributed by atoms with Crippen molar-refractivity contribution >= 4 is 55.7 Å². The van der Waals surface area contributed by atoms with Crippen LogP contribution in [-0.2, 0) is 17.0 Å². The molecule has 0 aliphatic rings. The fraction of sp³-hybridized carbons (Fsp3) is 0.526. The van der Waals surface area contributed by atoms with Crippen molar-refractivity contribution in [1.29, 1.82) is 0 Å². The number of rotatable bonds is 9. The van der Waals surface area contributed by atoms with E-state index in [4.69, 9.17) is 0 Å². The summed E-state index contributed by atoms with van der Waals surface area (Å²) < 4.78 is 0. The third-order valence-corrected chi connectivity index (χ3v) is 7.77. The molecule has 10 heteroatoms. The van der Waals surface area contributed by atoms with Gasteiger partial charge >= 0.3 is 0 Å². The van der Waals surface area contributed by atoms with E-state index in [1.165, 1.54) is 40.9 Å². The second kappa shape index (κ2) is 9.82. The Morgan fingerprint density at radius 1 is 1.24 bits per heavy atom. The Morgan fingerprint density at radius 2 is 2.03 bits per heavy atom. The molecule has 1 unspecified atom stereocenters. The van der Waals surface area contributed by atoms with E-state index in [1.807, 2.05) is 20.8 Å². The molecular formula is C19H25N5O2S3. The predicted molar refractivity (Wildman–Crippen MR) is 122 cm³/mol. The average Bonchev–Trinajstić information content (AvgIpc) is 3.24. The second-order valence-electron chi connectivity index (χ2n) is 6.88. The molecule has 0 bridgehead atoms. The van der Waals surface area contributed by atoms with Crippen LogP contribution >= 0.6 is 34.4 Å². The van der Waals surface area contributed by atoms with Gasteiger partial charge in [0.1, 0.15) is 15.7 Å². The van der Waals surface area contributed by atoms with Gasteiger partial charge < -0.3 is 4.98 Å². The van der Waals surface area contributed by atoms with E-state index < -0.39 is 0 Å². The molecule has 3 aromatic rings. The standard InChI is InChI=1S/C19H25N5O2S3/c1-5-6-7-8-14-23-24-19(29-14)22-16(25)12(4)27-9-13-20-17(26)15-10(2)11(3)28-18(15)21-13/h12H,5-9H2,1-4H3,(H,20,21,26)(H,22,24,25). The van der Waals surface area contributed by atoms with Crippen molar-refractivity contribution in [3.8, 4) is 0 Å². The molecule has 0 aromatic carbocycles. The van der Waals surface area contributed by atoms with E-state index in [-0.39, 0.29) is 16.7 Å². The fourth-order valence-corrected chi connectivity index (χ4v) is 5.37. The van der Waals surface area contributed by atoms with Crippen molar-refractivity contribution in [2.24, 2.45) is 0 Å². The lowest BCUT2D eigenvalue weighted by Gasteiger charge is -2.09. The van der Waals surface area contributed by atoms with Crippen LogP contribution in [0.2, 0.25) is 0 Å². The van der Waals surface area contributed by atoms with Gasteiger partial charge in [-0.25, -0.2) is 4.98 Å². The number of aromatic amines is 1. The zero-order chi connectivity index (χ0) is 21.0. The minimum absolute atomic E-state index is 0.117. The molecule has 0 fully saturated rings. The van der Waals surface area contributed by atoms with Crippen molar-refractivity contribution in [1.82, 2.24) is 20.2 Å². The number of hydrogen-bond acceptors (Lipinski definition) is 8. The minimum Gasteiger partial charge on any atom is -0.309 e. The maximum Gasteiger partial charge on any atom is 0.259 e. The number of thiophene rings is 1. The average molecular weight is 452 g/mol. The van der Waals surface area contributed by atoms with Gasteiger partial charge in [-0.15, -0.1) is 33.3 Å². The molecule has 2 N–H and O–H groups in total. The van der Waals surface area contributed by atoms with Gasteiger partial charge in [0.2, 0.25) is 11.0 Å². The molecule has 0 spiro atoms. The SMILES string of the molecule is CCCCCc1nnc(NC(=O)C(C)SCc2nc3sc(C)c(C)c3c(=O)[nH]2)s1. The number of nitrogens with one attached hydrogen (secondary N) is 2. The van der Waals surface area contributed by atoms with Gasteiger partial charge in [0, 0.05) is 11.3 Å². The summed E-state index contributed by atoms with van der Waals surface area (Å²) in [6.45, 7) is 7.93. The summed E-state index contributed by atoms with van der Waals surface area (Å²) in [5, 5.41) is 12.9. The van der Waals surface area contributed by atoms with Crippen LogP contribution in [0.5, 0.6) is 0 Å². The fourth-order valence-electron chi connectivity index (χ4n) is 2.79. The highest BCUT2D eigenvalue weighted by Gasteiger charge is 2.17. The second-order valence-corrected chi connectivity index (χ2v) is 10.5. The summed E-state index contributed by atoms with van der Waals surface area (Å²) in [5.74, 6) is 0.911. The number of nitrogens with zero attached hydrogens (tertiary/aromatic N) is 3. The Morgan fingerprint density at radius 3 is 2.79 bits per heavy atom. The third kappa shape index (κ3) is 5.43. The van der Waals surface area contributed by atoms with Crippen molar-refractivity contribution in [3.05, 3.63) is 31.6 Å². The van der Waals surface area contributed by atoms with Gasteiger partial charge in [-0.05, 0) is 32.8 Å². The number of unbranched alkanes of at least 4 members (excludes halogenated alkanes) is 2. The van der Waals surface area contributed by atoms with Crippen molar-refractivity contribution < 1.29 is 4.79 Å². The lowest BCUT2D eigenvalue weighted by molar-refractivity contribution is -0.115. The number of H-pyrrole nitrogens is 1. The zero-order valence-corrected chi connectivity index (χ0v) is 19.4. The summed E-state index contributed by atoms with van der Waals surface area (Å²) in [6, 6.07) is 0. The summed E-state index contributed by atoms with van der Waals surface area (Å²) in [6.07, 6.45) is 4.32. The molecule has 1 atom stereocenters. The van der Waals surface area contributed by atoms with Crippen molar-refractivity contribution in [2.75, 3.05) is 5.32 Å². The number of fused-ring (bicyclic) bond motifs is 1. The number of carbonyl (C=O) groups excluding carboxylic acids is 1. The van der Waals surface area contributed by atoms with Gasteiger partial charge in [0.25, 0.3) is 5.56 Å². The largest absolute Gasteiger partial charge is 0.309 e. The number of anilines is 1. The first-order chi connectivity index (χ1) is 13.9. The molecule has 0 aliphatic carbocycles. The van der Waals surface area contributed by atoms with Gasteiger partial charge in [0.05, 0.1) is 16.4 Å². The highest BCUT2D eigenvalue weighted by Crippen LogP contribution is 2.27. The van der Waals surface area contributed by atoms with E-state index in [0.29, 0.717) is 22.1 Å². The van der Waals surface area contributed by atoms with E-state index >= 15 is 0 Å². The highest BCUT2D eigenvalue weighted by molar-refractivity contribution is 7.99. The Kier molecular flexibility index (Phi) is 7.42. The van der Waals surface area contributed by atoms with E-state index in [0.717, 1.165) is 39.5 Å². The molecule has 156 valence electrons. The van der Waals surface area contributed by atoms with Gasteiger partial charge in [0.15, 0.2) is 0 Å². The van der Waals surface area contributed by atoms with Crippen LogP contribution in [0.3, 0.4) is 0 Å². The number of aromatic nitrogens is 4. The number of aryl methyl sites for hydroxylation is 3. The summed E-state index contributed by atoms with van der Waals surface area (Å²) in [7, 11) is 0. The van der Waals surface area contributed by atoms with E-state index in [9.17, 15) is 9.59 Å². The van der Waals surface area contributed by atoms with Crippen LogP contribution in [0.15, 0.2) is 4.79 Å². The van der Waals surface area contributed by atoms with Gasteiger partial charge in [-0.3, -0.25) is 14.9 Å². The first kappa shape index (κ1) is 21.9. The maximum absolute atomic E-state index is 12.4. The molecule has 0 saturated heterocycles. The van der Waals surface area contributed by atoms with Crippen LogP contribution in [0.4, 0.5) is 5.13 Å². The lowest BCUT2D eigenvalue weighted by atomic mass is 10.2. The monoisotopic (exact) mass is 451 g/mol. The number of amides is 1. The van der Waals surface area contributed by atoms with E-state index in [2.05, 4.69) is 32.4 Å². The zero-order valence-electron chi connectivity index (χ0n) is 17.0. The van der Waals surface area contributed by atoms with Crippen molar-refractivity contribution in [2.45, 2.75) is 64.4 Å². The van der Waals surface area contributed by atoms with Crippen LogP contribution in [-0.4, -0.2) is 31.3 Å². The predicted octanol–water partition coefficient (Wildman–Crippen LogP) is 4.45. The topological polar surface area (TPSA) is 101 Å². The number of hydrogen-bond donors (Lipinski definition) is 2. The van der Waals surface area contributed by atoms with Crippen molar-refractivity contribution in [3.63, 3.8) is 0 Å². The quantitative estimate of drug-likeness (QED) is 0.466. The molecule has 0 saturated carbocycles. The molecule has 3 heterocycles. The third-order valence-electron chi connectivity index (χ3n) is 4.62. The van der Waals surface area contributed by atoms with Gasteiger partial charge in [-0.1, -0.05) is 31.1 Å².